The van der Waals surface area contributed by atoms with Gasteiger partial charge in [-0.3, -0.25) is 4.79 Å². The van der Waals surface area contributed by atoms with Crippen molar-refractivity contribution in [1.29, 1.82) is 0 Å². The van der Waals surface area contributed by atoms with Crippen LogP contribution in [0, 0.1) is 6.92 Å². The normalized spacial score (nSPS) is 13.6. The highest BCUT2D eigenvalue weighted by Crippen LogP contribution is 2.30. The Labute approximate surface area is 176 Å². The molecule has 0 fully saturated rings. The second-order valence-electron chi connectivity index (χ2n) is 7.18. The summed E-state index contributed by atoms with van der Waals surface area (Å²) in [7, 11) is 1.64. The molecule has 1 N–H and O–H groups in total. The maximum absolute atomic E-state index is 12.7. The number of benzene rings is 1. The first kappa shape index (κ1) is 19.7. The van der Waals surface area contributed by atoms with Gasteiger partial charge in [0.05, 0.1) is 17.7 Å². The summed E-state index contributed by atoms with van der Waals surface area (Å²) in [4.78, 5) is 12.7. The molecule has 1 aliphatic carbocycles. The summed E-state index contributed by atoms with van der Waals surface area (Å²) in [5.74, 6) is 0.778. The van der Waals surface area contributed by atoms with Crippen molar-refractivity contribution in [1.82, 2.24) is 14.9 Å². The smallest absolute Gasteiger partial charge is 0.255 e. The zero-order valence-corrected chi connectivity index (χ0v) is 17.5. The Morgan fingerprint density at radius 3 is 2.63 bits per heavy atom. The molecule has 1 aromatic carbocycles. The highest BCUT2D eigenvalue weighted by molar-refractivity contribution is 6.06. The number of carbonyl (C=O) groups excluding carboxylic acids is 1. The monoisotopic (exact) mass is 399 g/mol. The minimum atomic E-state index is -0.152. The topological polar surface area (TPSA) is 55.6 Å². The zero-order valence-electron chi connectivity index (χ0n) is 17.5. The Kier molecular flexibility index (Phi) is 5.53. The molecule has 5 heteroatoms. The molecule has 0 aliphatic heterocycles. The molecule has 0 saturated heterocycles. The lowest BCUT2D eigenvalue weighted by Crippen LogP contribution is -2.18. The van der Waals surface area contributed by atoms with E-state index in [2.05, 4.69) is 17.5 Å². The first-order valence-corrected chi connectivity index (χ1v) is 10.1. The number of nitrogens with one attached hydrogen (secondary N) is 1. The first-order chi connectivity index (χ1) is 14.6. The van der Waals surface area contributed by atoms with Gasteiger partial charge < -0.3 is 10.1 Å². The number of hydrogen-bond acceptors (Lipinski definition) is 3. The minimum absolute atomic E-state index is 0.152. The SMILES string of the molecule is CCOC1=C(c2ccc3c(C(=O)NC)c(-c4ccc(C)cc4)nn3c2)C=CC=CC1. The van der Waals surface area contributed by atoms with Crippen molar-refractivity contribution >= 4 is 17.0 Å². The van der Waals surface area contributed by atoms with Gasteiger partial charge >= 0.3 is 0 Å². The third-order valence-electron chi connectivity index (χ3n) is 5.15. The van der Waals surface area contributed by atoms with Crippen LogP contribution in [0.3, 0.4) is 0 Å². The van der Waals surface area contributed by atoms with Gasteiger partial charge in [0, 0.05) is 36.4 Å². The van der Waals surface area contributed by atoms with Gasteiger partial charge in [-0.15, -0.1) is 0 Å². The Morgan fingerprint density at radius 2 is 1.90 bits per heavy atom. The Balaban J connectivity index is 1.89. The Bertz CT molecular complexity index is 1180. The molecule has 0 atom stereocenters. The molecule has 5 nitrogen and oxygen atoms in total. The average molecular weight is 399 g/mol. The average Bonchev–Trinajstić information content (AvgIpc) is 2.98. The highest BCUT2D eigenvalue weighted by Gasteiger charge is 2.21. The molecule has 0 spiro atoms. The summed E-state index contributed by atoms with van der Waals surface area (Å²) in [6.07, 6.45) is 10.9. The van der Waals surface area contributed by atoms with Crippen LogP contribution in [-0.4, -0.2) is 29.2 Å². The number of hydrogen-bond donors (Lipinski definition) is 1. The molecule has 0 unspecified atom stereocenters. The van der Waals surface area contributed by atoms with E-state index in [1.807, 2.05) is 68.6 Å². The van der Waals surface area contributed by atoms with E-state index in [1.165, 1.54) is 0 Å². The van der Waals surface area contributed by atoms with Gasteiger partial charge in [0.15, 0.2) is 0 Å². The number of aryl methyl sites for hydroxylation is 1. The number of aromatic nitrogens is 2. The van der Waals surface area contributed by atoms with E-state index in [9.17, 15) is 4.79 Å². The van der Waals surface area contributed by atoms with Crippen LogP contribution in [0.25, 0.3) is 22.3 Å². The lowest BCUT2D eigenvalue weighted by Gasteiger charge is -2.12. The number of pyridine rings is 1. The van der Waals surface area contributed by atoms with E-state index >= 15 is 0 Å². The number of amides is 1. The molecule has 0 saturated carbocycles. The summed E-state index contributed by atoms with van der Waals surface area (Å²) in [6, 6.07) is 12.0. The maximum Gasteiger partial charge on any atom is 0.255 e. The van der Waals surface area contributed by atoms with E-state index in [-0.39, 0.29) is 5.91 Å². The summed E-state index contributed by atoms with van der Waals surface area (Å²) >= 11 is 0. The molecule has 30 heavy (non-hydrogen) atoms. The van der Waals surface area contributed by atoms with Gasteiger partial charge in [-0.05, 0) is 19.9 Å². The van der Waals surface area contributed by atoms with Gasteiger partial charge in [-0.2, -0.15) is 5.10 Å². The highest BCUT2D eigenvalue weighted by atomic mass is 16.5. The minimum Gasteiger partial charge on any atom is -0.497 e. The van der Waals surface area contributed by atoms with E-state index in [1.54, 1.807) is 11.6 Å². The third kappa shape index (κ3) is 3.66. The van der Waals surface area contributed by atoms with Crippen LogP contribution in [0.15, 0.2) is 72.7 Å². The summed E-state index contributed by atoms with van der Waals surface area (Å²) < 4.78 is 7.68. The van der Waals surface area contributed by atoms with Crippen molar-refractivity contribution in [2.24, 2.45) is 0 Å². The van der Waals surface area contributed by atoms with Gasteiger partial charge in [-0.1, -0.05) is 60.2 Å². The quantitative estimate of drug-likeness (QED) is 0.662. The lowest BCUT2D eigenvalue weighted by molar-refractivity contribution is 0.0965. The summed E-state index contributed by atoms with van der Waals surface area (Å²) in [6.45, 7) is 4.64. The van der Waals surface area contributed by atoms with Crippen LogP contribution < -0.4 is 5.32 Å². The second-order valence-corrected chi connectivity index (χ2v) is 7.18. The predicted molar refractivity (Wildman–Crippen MR) is 120 cm³/mol. The fourth-order valence-corrected chi connectivity index (χ4v) is 3.65. The van der Waals surface area contributed by atoms with Crippen LogP contribution >= 0.6 is 0 Å². The molecule has 152 valence electrons. The van der Waals surface area contributed by atoms with E-state index in [0.29, 0.717) is 17.9 Å². The Hall–Kier alpha value is -3.60. The van der Waals surface area contributed by atoms with Crippen LogP contribution in [0.2, 0.25) is 0 Å². The molecule has 0 bridgehead atoms. The summed E-state index contributed by atoms with van der Waals surface area (Å²) in [5.41, 5.74) is 6.11. The molecule has 2 aromatic heterocycles. The third-order valence-corrected chi connectivity index (χ3v) is 5.15. The van der Waals surface area contributed by atoms with Crippen molar-refractivity contribution in [3.8, 4) is 11.3 Å². The van der Waals surface area contributed by atoms with Crippen molar-refractivity contribution in [3.05, 3.63) is 89.3 Å². The largest absolute Gasteiger partial charge is 0.497 e. The zero-order chi connectivity index (χ0) is 21.1. The number of ether oxygens (including phenoxy) is 1. The molecule has 0 radical (unpaired) electrons. The van der Waals surface area contributed by atoms with E-state index < -0.39 is 0 Å². The molecule has 1 amide bonds. The number of carbonyl (C=O) groups is 1. The molecular weight excluding hydrogens is 374 g/mol. The van der Waals surface area contributed by atoms with Gasteiger partial charge in [-0.25, -0.2) is 4.52 Å². The van der Waals surface area contributed by atoms with Crippen molar-refractivity contribution < 1.29 is 9.53 Å². The van der Waals surface area contributed by atoms with Gasteiger partial charge in [0.2, 0.25) is 0 Å². The Morgan fingerprint density at radius 1 is 1.13 bits per heavy atom. The molecule has 3 aromatic rings. The van der Waals surface area contributed by atoms with Crippen LogP contribution in [-0.2, 0) is 4.74 Å². The fraction of sp³-hybridized carbons (Fsp3) is 0.200. The predicted octanol–water partition coefficient (Wildman–Crippen LogP) is 4.93. The van der Waals surface area contributed by atoms with Crippen molar-refractivity contribution in [3.63, 3.8) is 0 Å². The number of fused-ring (bicyclic) bond motifs is 1. The van der Waals surface area contributed by atoms with E-state index in [4.69, 9.17) is 9.84 Å². The van der Waals surface area contributed by atoms with Crippen molar-refractivity contribution in [2.75, 3.05) is 13.7 Å². The van der Waals surface area contributed by atoms with Crippen LogP contribution in [0.1, 0.15) is 34.8 Å². The maximum atomic E-state index is 12.7. The van der Waals surface area contributed by atoms with E-state index in [0.717, 1.165) is 40.0 Å². The molecule has 2 heterocycles. The standard InChI is InChI=1S/C25H25N3O2/c1-4-30-22-9-7-5-6-8-20(22)19-14-15-21-23(25(29)26-3)24(27-28(21)16-19)18-12-10-17(2)11-13-18/h5-8,10-16H,4,9H2,1-3H3,(H,26,29). The molecular formula is C25H25N3O2. The first-order valence-electron chi connectivity index (χ1n) is 10.1. The summed E-state index contributed by atoms with van der Waals surface area (Å²) in [5, 5.41) is 7.53. The number of nitrogens with zero attached hydrogens (tertiary/aromatic N) is 2. The second kappa shape index (κ2) is 8.41. The fourth-order valence-electron chi connectivity index (χ4n) is 3.65. The van der Waals surface area contributed by atoms with Crippen LogP contribution in [0.4, 0.5) is 0 Å². The number of rotatable bonds is 5. The number of allylic oxidation sites excluding steroid dienone is 5. The van der Waals surface area contributed by atoms with Gasteiger partial charge in [0.25, 0.3) is 5.91 Å². The molecule has 1 aliphatic rings. The molecule has 4 rings (SSSR count). The van der Waals surface area contributed by atoms with Crippen LogP contribution in [0.5, 0.6) is 0 Å². The lowest BCUT2D eigenvalue weighted by atomic mass is 10.0. The van der Waals surface area contributed by atoms with Crippen molar-refractivity contribution in [2.45, 2.75) is 20.3 Å². The van der Waals surface area contributed by atoms with Gasteiger partial charge in [0.1, 0.15) is 11.5 Å².